The third-order valence-corrected chi connectivity index (χ3v) is 4.62. The Hall–Kier alpha value is -3.13. The molecule has 1 aliphatic rings. The Labute approximate surface area is 176 Å². The van der Waals surface area contributed by atoms with Gasteiger partial charge in [0.05, 0.1) is 23.4 Å². The highest BCUT2D eigenvalue weighted by molar-refractivity contribution is 9.10. The van der Waals surface area contributed by atoms with Crippen LogP contribution in [0.25, 0.3) is 6.08 Å². The van der Waals surface area contributed by atoms with Crippen LogP contribution in [0.1, 0.15) is 19.4 Å². The number of urea groups is 1. The molecule has 4 amide bonds. The second kappa shape index (κ2) is 8.48. The minimum atomic E-state index is -0.789. The largest absolute Gasteiger partial charge is 0.493 e. The number of halogens is 1. The lowest BCUT2D eigenvalue weighted by Gasteiger charge is -2.26. The fourth-order valence-electron chi connectivity index (χ4n) is 2.81. The molecule has 7 nitrogen and oxygen atoms in total. The van der Waals surface area contributed by atoms with Crippen molar-refractivity contribution in [1.29, 1.82) is 0 Å². The summed E-state index contributed by atoms with van der Waals surface area (Å²) in [6.45, 7) is 3.78. The van der Waals surface area contributed by atoms with E-state index in [0.717, 1.165) is 4.90 Å². The number of carbonyl (C=O) groups excluding carboxylic acids is 3. The molecular weight excluding hydrogens is 440 g/mol. The molecule has 0 saturated carbocycles. The molecule has 1 fully saturated rings. The number of rotatable bonds is 5. The summed E-state index contributed by atoms with van der Waals surface area (Å²) < 4.78 is 11.7. The van der Waals surface area contributed by atoms with E-state index in [2.05, 4.69) is 21.2 Å². The van der Waals surface area contributed by atoms with E-state index >= 15 is 0 Å². The lowest BCUT2D eigenvalue weighted by molar-refractivity contribution is -0.122. The third kappa shape index (κ3) is 4.32. The van der Waals surface area contributed by atoms with Gasteiger partial charge in [-0.2, -0.15) is 0 Å². The van der Waals surface area contributed by atoms with Crippen LogP contribution in [-0.4, -0.2) is 31.1 Å². The van der Waals surface area contributed by atoms with Crippen molar-refractivity contribution < 1.29 is 23.9 Å². The molecule has 0 aliphatic carbocycles. The second-order valence-corrected chi connectivity index (χ2v) is 7.35. The molecule has 8 heteroatoms. The van der Waals surface area contributed by atoms with Gasteiger partial charge >= 0.3 is 6.03 Å². The van der Waals surface area contributed by atoms with Crippen molar-refractivity contribution in [3.8, 4) is 11.5 Å². The average Bonchev–Trinajstić information content (AvgIpc) is 2.67. The Balaban J connectivity index is 2.02. The van der Waals surface area contributed by atoms with Crippen LogP contribution in [0.3, 0.4) is 0 Å². The van der Waals surface area contributed by atoms with Crippen LogP contribution in [0.4, 0.5) is 10.5 Å². The molecule has 3 rings (SSSR count). The minimum absolute atomic E-state index is 0.0689. The van der Waals surface area contributed by atoms with Crippen LogP contribution in [0, 0.1) is 0 Å². The van der Waals surface area contributed by atoms with Crippen molar-refractivity contribution in [3.05, 3.63) is 58.1 Å². The normalized spacial score (nSPS) is 15.7. The summed E-state index contributed by atoms with van der Waals surface area (Å²) in [6.07, 6.45) is 1.34. The van der Waals surface area contributed by atoms with Crippen molar-refractivity contribution >= 4 is 45.5 Å². The highest BCUT2D eigenvalue weighted by Crippen LogP contribution is 2.38. The average molecular weight is 459 g/mol. The highest BCUT2D eigenvalue weighted by atomic mass is 79.9. The quantitative estimate of drug-likeness (QED) is 0.542. The Kier molecular flexibility index (Phi) is 6.03. The maximum atomic E-state index is 12.9. The zero-order chi connectivity index (χ0) is 21.1. The number of carbonyl (C=O) groups is 3. The molecule has 0 atom stereocenters. The van der Waals surface area contributed by atoms with Crippen LogP contribution >= 0.6 is 15.9 Å². The highest BCUT2D eigenvalue weighted by Gasteiger charge is 2.36. The summed E-state index contributed by atoms with van der Waals surface area (Å²) in [5.41, 5.74) is 0.735. The van der Waals surface area contributed by atoms with Crippen LogP contribution < -0.4 is 19.7 Å². The number of barbiturate groups is 1. The van der Waals surface area contributed by atoms with Crippen molar-refractivity contribution in [3.63, 3.8) is 0 Å². The van der Waals surface area contributed by atoms with E-state index in [0.29, 0.717) is 27.2 Å². The molecular formula is C21H19BrN2O5. The van der Waals surface area contributed by atoms with E-state index in [1.54, 1.807) is 42.5 Å². The number of anilines is 1. The molecule has 150 valence electrons. The number of nitrogens with one attached hydrogen (secondary N) is 1. The van der Waals surface area contributed by atoms with Gasteiger partial charge in [-0.05, 0) is 65.7 Å². The summed E-state index contributed by atoms with van der Waals surface area (Å²) in [7, 11) is 1.50. The van der Waals surface area contributed by atoms with Crippen molar-refractivity contribution in [2.24, 2.45) is 0 Å². The lowest BCUT2D eigenvalue weighted by Crippen LogP contribution is -2.54. The summed E-state index contributed by atoms with van der Waals surface area (Å²) in [6, 6.07) is 11.0. The molecule has 1 saturated heterocycles. The number of amides is 4. The molecule has 29 heavy (non-hydrogen) atoms. The van der Waals surface area contributed by atoms with E-state index in [-0.39, 0.29) is 11.7 Å². The Morgan fingerprint density at radius 2 is 1.79 bits per heavy atom. The monoisotopic (exact) mass is 458 g/mol. The van der Waals surface area contributed by atoms with E-state index in [1.165, 1.54) is 13.2 Å². The van der Waals surface area contributed by atoms with Crippen molar-refractivity contribution in [1.82, 2.24) is 5.32 Å². The number of hydrogen-bond donors (Lipinski definition) is 1. The lowest BCUT2D eigenvalue weighted by atomic mass is 10.1. The zero-order valence-electron chi connectivity index (χ0n) is 16.1. The Morgan fingerprint density at radius 3 is 2.41 bits per heavy atom. The fourth-order valence-corrected chi connectivity index (χ4v) is 3.36. The van der Waals surface area contributed by atoms with E-state index in [1.807, 2.05) is 13.8 Å². The zero-order valence-corrected chi connectivity index (χ0v) is 17.6. The first-order valence-electron chi connectivity index (χ1n) is 8.82. The van der Waals surface area contributed by atoms with Gasteiger partial charge in [0.15, 0.2) is 11.5 Å². The standard InChI is InChI=1S/C21H19BrN2O5/c1-12(2)29-18-16(22)10-13(11-17(18)28-3)9-15-19(25)23-21(27)24(20(15)26)14-7-5-4-6-8-14/h4-12H,1-3H3,(H,23,25,27)/b15-9+. The minimum Gasteiger partial charge on any atom is -0.493 e. The first-order chi connectivity index (χ1) is 13.8. The number of ether oxygens (including phenoxy) is 2. The van der Waals surface area contributed by atoms with Gasteiger partial charge in [-0.25, -0.2) is 9.69 Å². The van der Waals surface area contributed by atoms with Gasteiger partial charge in [0.25, 0.3) is 11.8 Å². The van der Waals surface area contributed by atoms with Crippen LogP contribution in [-0.2, 0) is 9.59 Å². The summed E-state index contributed by atoms with van der Waals surface area (Å²) in [5, 5.41) is 2.20. The number of benzene rings is 2. The molecule has 1 heterocycles. The fraction of sp³-hybridized carbons (Fsp3) is 0.190. The number of nitrogens with zero attached hydrogens (tertiary/aromatic N) is 1. The molecule has 1 aliphatic heterocycles. The van der Waals surface area contributed by atoms with Gasteiger partial charge in [-0.3, -0.25) is 14.9 Å². The topological polar surface area (TPSA) is 84.9 Å². The van der Waals surface area contributed by atoms with Gasteiger partial charge in [0, 0.05) is 0 Å². The summed E-state index contributed by atoms with van der Waals surface area (Å²) >= 11 is 3.44. The summed E-state index contributed by atoms with van der Waals surface area (Å²) in [5.74, 6) is -0.503. The van der Waals surface area contributed by atoms with Crippen LogP contribution in [0.2, 0.25) is 0 Å². The first kappa shape index (κ1) is 20.6. The van der Waals surface area contributed by atoms with Gasteiger partial charge in [-0.1, -0.05) is 18.2 Å². The predicted molar refractivity (Wildman–Crippen MR) is 112 cm³/mol. The second-order valence-electron chi connectivity index (χ2n) is 6.49. The Bertz CT molecular complexity index is 1000. The van der Waals surface area contributed by atoms with Gasteiger partial charge in [-0.15, -0.1) is 0 Å². The van der Waals surface area contributed by atoms with E-state index in [9.17, 15) is 14.4 Å². The number of imide groups is 2. The molecule has 1 N–H and O–H groups in total. The summed E-state index contributed by atoms with van der Waals surface area (Å²) in [4.78, 5) is 38.4. The molecule has 2 aromatic carbocycles. The predicted octanol–water partition coefficient (Wildman–Crippen LogP) is 3.91. The van der Waals surface area contributed by atoms with Gasteiger partial charge < -0.3 is 9.47 Å². The maximum Gasteiger partial charge on any atom is 0.335 e. The molecule has 0 bridgehead atoms. The van der Waals surface area contributed by atoms with Gasteiger partial charge in [0.1, 0.15) is 5.57 Å². The number of para-hydroxylation sites is 1. The number of hydrogen-bond acceptors (Lipinski definition) is 5. The van der Waals surface area contributed by atoms with E-state index in [4.69, 9.17) is 9.47 Å². The smallest absolute Gasteiger partial charge is 0.335 e. The van der Waals surface area contributed by atoms with Crippen molar-refractivity contribution in [2.75, 3.05) is 12.0 Å². The van der Waals surface area contributed by atoms with Crippen LogP contribution in [0.5, 0.6) is 11.5 Å². The van der Waals surface area contributed by atoms with Gasteiger partial charge in [0.2, 0.25) is 0 Å². The first-order valence-corrected chi connectivity index (χ1v) is 9.61. The molecule has 0 aromatic heterocycles. The molecule has 0 spiro atoms. The van der Waals surface area contributed by atoms with Crippen molar-refractivity contribution in [2.45, 2.75) is 20.0 Å². The molecule has 0 radical (unpaired) electrons. The SMILES string of the molecule is COc1cc(/C=C2\C(=O)NC(=O)N(c3ccccc3)C2=O)cc(Br)c1OC(C)C. The third-order valence-electron chi connectivity index (χ3n) is 4.03. The Morgan fingerprint density at radius 1 is 1.10 bits per heavy atom. The van der Waals surface area contributed by atoms with Crippen LogP contribution in [0.15, 0.2) is 52.5 Å². The maximum absolute atomic E-state index is 12.9. The molecule has 0 unspecified atom stereocenters. The van der Waals surface area contributed by atoms with E-state index < -0.39 is 17.8 Å². The molecule has 2 aromatic rings. The number of methoxy groups -OCH3 is 1.